The van der Waals surface area contributed by atoms with Crippen LogP contribution in [0, 0.1) is 18.7 Å². The fourth-order valence-electron chi connectivity index (χ4n) is 2.67. The maximum Gasteiger partial charge on any atom is 0.253 e. The maximum absolute atomic E-state index is 13.1. The first-order valence-electron chi connectivity index (χ1n) is 8.03. The number of hydrogen-bond acceptors (Lipinski definition) is 2. The molecule has 1 atom stereocenters. The predicted molar refractivity (Wildman–Crippen MR) is 100 cm³/mol. The second-order valence-corrected chi connectivity index (χ2v) is 6.37. The molecular weight excluding hydrogens is 337 g/mol. The second kappa shape index (κ2) is 7.53. The van der Waals surface area contributed by atoms with Gasteiger partial charge in [-0.1, -0.05) is 24.3 Å². The van der Waals surface area contributed by atoms with Gasteiger partial charge in [0.05, 0.1) is 11.3 Å². The van der Waals surface area contributed by atoms with Crippen LogP contribution in [0.2, 0.25) is 0 Å². The van der Waals surface area contributed by atoms with Crippen LogP contribution in [0.1, 0.15) is 12.0 Å². The first-order chi connectivity index (χ1) is 12.0. The molecule has 0 aliphatic carbocycles. The van der Waals surface area contributed by atoms with Gasteiger partial charge in [0.15, 0.2) is 5.11 Å². The van der Waals surface area contributed by atoms with E-state index in [0.717, 1.165) is 16.1 Å². The van der Waals surface area contributed by atoms with Crippen molar-refractivity contribution in [3.63, 3.8) is 0 Å². The molecule has 0 saturated heterocycles. The number of thiocarbonyl (C=S) groups is 1. The summed E-state index contributed by atoms with van der Waals surface area (Å²) in [5.74, 6) is -0.728. The Kier molecular flexibility index (Phi) is 5.19. The van der Waals surface area contributed by atoms with Crippen molar-refractivity contribution in [3.05, 3.63) is 64.4 Å². The van der Waals surface area contributed by atoms with Crippen LogP contribution in [-0.4, -0.2) is 17.6 Å². The topological polar surface area (TPSA) is 53.5 Å². The minimum absolute atomic E-state index is 0.135. The molecule has 3 rings (SSSR count). The van der Waals surface area contributed by atoms with E-state index in [1.54, 1.807) is 12.1 Å². The molecule has 0 spiro atoms. The summed E-state index contributed by atoms with van der Waals surface area (Å²) in [7, 11) is 0. The zero-order valence-electron chi connectivity index (χ0n) is 13.8. The van der Waals surface area contributed by atoms with Gasteiger partial charge in [0.1, 0.15) is 5.82 Å². The van der Waals surface area contributed by atoms with Crippen LogP contribution < -0.4 is 21.2 Å². The van der Waals surface area contributed by atoms with Gasteiger partial charge in [0.25, 0.3) is 5.91 Å². The van der Waals surface area contributed by atoms with Gasteiger partial charge in [0, 0.05) is 12.2 Å². The lowest BCUT2D eigenvalue weighted by Gasteiger charge is -2.14. The van der Waals surface area contributed by atoms with E-state index in [9.17, 15) is 9.18 Å². The van der Waals surface area contributed by atoms with Crippen LogP contribution in [0.15, 0.2) is 47.5 Å². The van der Waals surface area contributed by atoms with Crippen LogP contribution in [-0.2, 0) is 4.79 Å². The van der Waals surface area contributed by atoms with Gasteiger partial charge < -0.3 is 10.6 Å². The van der Waals surface area contributed by atoms with E-state index >= 15 is 0 Å². The van der Waals surface area contributed by atoms with Gasteiger partial charge in [-0.15, -0.1) is 0 Å². The number of nitrogens with one attached hydrogen (secondary N) is 2. The number of rotatable bonds is 4. The molecule has 1 aliphatic heterocycles. The molecule has 1 aliphatic rings. The van der Waals surface area contributed by atoms with Gasteiger partial charge in [0.2, 0.25) is 0 Å². The number of carbonyl (C=O) groups excluding carboxylic acids is 1. The van der Waals surface area contributed by atoms with Crippen LogP contribution in [0.3, 0.4) is 0 Å². The van der Waals surface area contributed by atoms with Crippen LogP contribution >= 0.6 is 12.2 Å². The summed E-state index contributed by atoms with van der Waals surface area (Å²) < 4.78 is 13.1. The Morgan fingerprint density at radius 1 is 1.28 bits per heavy atom. The lowest BCUT2D eigenvalue weighted by atomic mass is 10.00. The largest absolute Gasteiger partial charge is 0.362 e. The highest BCUT2D eigenvalue weighted by molar-refractivity contribution is 7.80. The predicted octanol–water partition coefficient (Wildman–Crippen LogP) is 2.07. The molecule has 6 heteroatoms. The van der Waals surface area contributed by atoms with Crippen molar-refractivity contribution < 1.29 is 9.18 Å². The Morgan fingerprint density at radius 3 is 2.92 bits per heavy atom. The molecule has 0 fully saturated rings. The fraction of sp³-hybridized carbons (Fsp3) is 0.211. The first-order valence-corrected chi connectivity index (χ1v) is 8.43. The number of aryl methyl sites for hydroxylation is 1. The lowest BCUT2D eigenvalue weighted by Crippen LogP contribution is -2.36. The van der Waals surface area contributed by atoms with Crippen LogP contribution in [0.4, 0.5) is 10.1 Å². The standard InChI is InChI=1S/C19H18FN3OS/c1-12-5-6-13-10-14(18(24)23-17(13)9-12)7-8-21-19(25)22-16-4-2-3-15(20)11-16/h2-6,9-11,14H,7-8H2,1H3,(H2,21,22,25). The molecule has 0 radical (unpaired) electrons. The molecule has 1 unspecified atom stereocenters. The van der Waals surface area contributed by atoms with Crippen LogP contribution in [0.5, 0.6) is 0 Å². The van der Waals surface area contributed by atoms with E-state index in [2.05, 4.69) is 15.6 Å². The van der Waals surface area contributed by atoms with Crippen molar-refractivity contribution in [2.45, 2.75) is 13.3 Å². The summed E-state index contributed by atoms with van der Waals surface area (Å²) in [5.41, 5.74) is 1.66. The molecule has 128 valence electrons. The number of hydrogen-bond donors (Lipinski definition) is 2. The summed E-state index contributed by atoms with van der Waals surface area (Å²) in [4.78, 5) is 16.3. The third kappa shape index (κ3) is 4.48. The Hall–Kier alpha value is -2.60. The van der Waals surface area contributed by atoms with Gasteiger partial charge in [-0.25, -0.2) is 9.38 Å². The van der Waals surface area contributed by atoms with E-state index < -0.39 is 0 Å². The highest BCUT2D eigenvalue weighted by atomic mass is 32.1. The highest BCUT2D eigenvalue weighted by Crippen LogP contribution is 2.10. The lowest BCUT2D eigenvalue weighted by molar-refractivity contribution is -0.120. The zero-order valence-corrected chi connectivity index (χ0v) is 14.6. The summed E-state index contributed by atoms with van der Waals surface area (Å²) in [5, 5.41) is 8.06. The number of fused-ring (bicyclic) bond motifs is 1. The number of benzene rings is 2. The minimum Gasteiger partial charge on any atom is -0.362 e. The second-order valence-electron chi connectivity index (χ2n) is 5.97. The highest BCUT2D eigenvalue weighted by Gasteiger charge is 2.18. The van der Waals surface area contributed by atoms with Crippen molar-refractivity contribution in [2.24, 2.45) is 10.9 Å². The average Bonchev–Trinajstić information content (AvgIpc) is 2.55. The van der Waals surface area contributed by atoms with Crippen molar-refractivity contribution in [1.29, 1.82) is 0 Å². The minimum atomic E-state index is -0.328. The zero-order chi connectivity index (χ0) is 17.8. The third-order valence-corrected chi connectivity index (χ3v) is 4.18. The molecule has 1 amide bonds. The SMILES string of the molecule is Cc1ccc2c(c1)=NC(=O)C(CCNC(=S)Nc1cccc(F)c1)C=2. The van der Waals surface area contributed by atoms with E-state index in [0.29, 0.717) is 23.8 Å². The smallest absolute Gasteiger partial charge is 0.253 e. The molecule has 25 heavy (non-hydrogen) atoms. The summed E-state index contributed by atoms with van der Waals surface area (Å²) in [6.07, 6.45) is 2.54. The van der Waals surface area contributed by atoms with E-state index in [-0.39, 0.29) is 17.6 Å². The Balaban J connectivity index is 1.56. The number of nitrogens with zero attached hydrogens (tertiary/aromatic N) is 1. The third-order valence-electron chi connectivity index (χ3n) is 3.94. The number of carbonyl (C=O) groups is 1. The van der Waals surface area contributed by atoms with Crippen molar-refractivity contribution in [2.75, 3.05) is 11.9 Å². The number of anilines is 1. The van der Waals surface area contributed by atoms with E-state index in [1.165, 1.54) is 12.1 Å². The normalized spacial score (nSPS) is 15.6. The molecule has 1 heterocycles. The number of halogens is 1. The van der Waals surface area contributed by atoms with Crippen LogP contribution in [0.25, 0.3) is 6.08 Å². The Morgan fingerprint density at radius 2 is 2.12 bits per heavy atom. The molecular formula is C19H18FN3OS. The van der Waals surface area contributed by atoms with Gasteiger partial charge in [-0.3, -0.25) is 4.79 Å². The number of amides is 1. The maximum atomic E-state index is 13.1. The summed E-state index contributed by atoms with van der Waals surface area (Å²) in [6, 6.07) is 12.0. The van der Waals surface area contributed by atoms with Gasteiger partial charge in [-0.05, 0) is 60.6 Å². The molecule has 0 aromatic heterocycles. The monoisotopic (exact) mass is 355 g/mol. The fourth-order valence-corrected chi connectivity index (χ4v) is 2.89. The van der Waals surface area contributed by atoms with Gasteiger partial charge in [-0.2, -0.15) is 0 Å². The summed E-state index contributed by atoms with van der Waals surface area (Å²) >= 11 is 5.19. The van der Waals surface area contributed by atoms with Crippen molar-refractivity contribution in [1.82, 2.24) is 5.32 Å². The molecule has 0 saturated carbocycles. The van der Waals surface area contributed by atoms with E-state index in [1.807, 2.05) is 31.2 Å². The molecule has 0 bridgehead atoms. The van der Waals surface area contributed by atoms with E-state index in [4.69, 9.17) is 12.2 Å². The molecule has 4 nitrogen and oxygen atoms in total. The van der Waals surface area contributed by atoms with Crippen molar-refractivity contribution >= 4 is 35.0 Å². The quantitative estimate of drug-likeness (QED) is 0.825. The molecule has 2 aromatic carbocycles. The Labute approximate surface area is 150 Å². The average molecular weight is 355 g/mol. The van der Waals surface area contributed by atoms with Crippen molar-refractivity contribution in [3.8, 4) is 0 Å². The summed E-state index contributed by atoms with van der Waals surface area (Å²) in [6.45, 7) is 2.49. The Bertz CT molecular complexity index is 942. The first kappa shape index (κ1) is 17.2. The van der Waals surface area contributed by atoms with Gasteiger partial charge >= 0.3 is 0 Å². The molecule has 2 aromatic rings. The molecule has 2 N–H and O–H groups in total.